The second-order valence-corrected chi connectivity index (χ2v) is 6.56. The van der Waals surface area contributed by atoms with Crippen molar-refractivity contribution in [2.24, 2.45) is 0 Å². The van der Waals surface area contributed by atoms with Crippen molar-refractivity contribution < 1.29 is 9.47 Å². The van der Waals surface area contributed by atoms with Crippen LogP contribution >= 0.6 is 0 Å². The molecule has 6 heteroatoms. The number of aryl methyl sites for hydroxylation is 4. The largest absolute Gasteiger partial charge is 0.486 e. The van der Waals surface area contributed by atoms with E-state index in [9.17, 15) is 0 Å². The van der Waals surface area contributed by atoms with E-state index in [4.69, 9.17) is 9.47 Å². The molecule has 0 aliphatic carbocycles. The first-order valence-corrected chi connectivity index (χ1v) is 9.10. The summed E-state index contributed by atoms with van der Waals surface area (Å²) in [6.07, 6.45) is 4.73. The molecule has 0 unspecified atom stereocenters. The first-order chi connectivity index (χ1) is 12.7. The molecule has 2 aromatic heterocycles. The average Bonchev–Trinajstić information content (AvgIpc) is 3.23. The van der Waals surface area contributed by atoms with E-state index in [-0.39, 0.29) is 0 Å². The highest BCUT2D eigenvalue weighted by molar-refractivity contribution is 5.64. The van der Waals surface area contributed by atoms with Gasteiger partial charge in [0.15, 0.2) is 11.5 Å². The first-order valence-electron chi connectivity index (χ1n) is 9.10. The molecule has 1 aromatic carbocycles. The van der Waals surface area contributed by atoms with Gasteiger partial charge in [-0.25, -0.2) is 4.98 Å². The van der Waals surface area contributed by atoms with Crippen LogP contribution < -0.4 is 9.47 Å². The van der Waals surface area contributed by atoms with Gasteiger partial charge >= 0.3 is 0 Å². The maximum Gasteiger partial charge on any atom is 0.161 e. The van der Waals surface area contributed by atoms with Crippen LogP contribution in [-0.4, -0.2) is 32.5 Å². The van der Waals surface area contributed by atoms with Crippen molar-refractivity contribution in [2.75, 3.05) is 13.2 Å². The number of rotatable bonds is 5. The van der Waals surface area contributed by atoms with Crippen molar-refractivity contribution in [1.29, 1.82) is 0 Å². The fourth-order valence-corrected chi connectivity index (χ4v) is 3.58. The number of ether oxygens (including phenoxy) is 2. The molecular formula is C20H24N4O2. The third-order valence-electron chi connectivity index (χ3n) is 4.90. The van der Waals surface area contributed by atoms with Crippen LogP contribution in [0.25, 0.3) is 11.3 Å². The van der Waals surface area contributed by atoms with Gasteiger partial charge in [-0.05, 0) is 44.9 Å². The van der Waals surface area contributed by atoms with Crippen LogP contribution in [0, 0.1) is 13.8 Å². The molecule has 3 aromatic rings. The lowest BCUT2D eigenvalue weighted by Gasteiger charge is -2.19. The molecule has 136 valence electrons. The van der Waals surface area contributed by atoms with Crippen LogP contribution in [0.4, 0.5) is 0 Å². The summed E-state index contributed by atoms with van der Waals surface area (Å²) in [5.41, 5.74) is 5.77. The summed E-state index contributed by atoms with van der Waals surface area (Å²) in [7, 11) is 0. The smallest absolute Gasteiger partial charge is 0.161 e. The highest BCUT2D eigenvalue weighted by atomic mass is 16.6. The van der Waals surface area contributed by atoms with Crippen LogP contribution in [0.15, 0.2) is 30.7 Å². The standard InChI is InChI=1S/C20H24N4O2/c1-4-24-15(3)20(14(2)22-24)17-12-21-13-23(17)8-7-16-5-6-18-19(11-16)26-10-9-25-18/h5-6,11-13H,4,7-10H2,1-3H3. The molecule has 0 radical (unpaired) electrons. The predicted molar refractivity (Wildman–Crippen MR) is 99.7 cm³/mol. The number of hydrogen-bond donors (Lipinski definition) is 0. The molecule has 4 rings (SSSR count). The zero-order chi connectivity index (χ0) is 18.1. The molecule has 0 amide bonds. The fourth-order valence-electron chi connectivity index (χ4n) is 3.58. The molecular weight excluding hydrogens is 328 g/mol. The third-order valence-corrected chi connectivity index (χ3v) is 4.90. The molecule has 26 heavy (non-hydrogen) atoms. The van der Waals surface area contributed by atoms with E-state index < -0.39 is 0 Å². The third kappa shape index (κ3) is 2.96. The van der Waals surface area contributed by atoms with Gasteiger partial charge in [-0.2, -0.15) is 5.10 Å². The first kappa shape index (κ1) is 16.7. The quantitative estimate of drug-likeness (QED) is 0.706. The Morgan fingerprint density at radius 2 is 1.92 bits per heavy atom. The van der Waals surface area contributed by atoms with Gasteiger partial charge in [-0.15, -0.1) is 0 Å². The van der Waals surface area contributed by atoms with E-state index in [1.54, 1.807) is 0 Å². The van der Waals surface area contributed by atoms with Crippen molar-refractivity contribution in [3.8, 4) is 22.8 Å². The normalized spacial score (nSPS) is 13.2. The lowest BCUT2D eigenvalue weighted by atomic mass is 10.1. The monoisotopic (exact) mass is 352 g/mol. The Hall–Kier alpha value is -2.76. The van der Waals surface area contributed by atoms with Crippen molar-refractivity contribution in [3.05, 3.63) is 47.7 Å². The van der Waals surface area contributed by atoms with Crippen LogP contribution in [0.3, 0.4) is 0 Å². The number of aromatic nitrogens is 4. The molecule has 0 saturated carbocycles. The molecule has 0 bridgehead atoms. The maximum absolute atomic E-state index is 5.69. The second-order valence-electron chi connectivity index (χ2n) is 6.56. The molecule has 6 nitrogen and oxygen atoms in total. The van der Waals surface area contributed by atoms with Gasteiger partial charge in [0, 0.05) is 24.3 Å². The Kier molecular flexibility index (Phi) is 4.41. The summed E-state index contributed by atoms with van der Waals surface area (Å²) in [6.45, 7) is 9.26. The summed E-state index contributed by atoms with van der Waals surface area (Å²) in [5.74, 6) is 1.68. The van der Waals surface area contributed by atoms with Gasteiger partial charge < -0.3 is 14.0 Å². The SMILES string of the molecule is CCn1nc(C)c(-c2cncn2CCc2ccc3c(c2)OCCO3)c1C. The highest BCUT2D eigenvalue weighted by Gasteiger charge is 2.17. The van der Waals surface area contributed by atoms with Crippen LogP contribution in [0.1, 0.15) is 23.9 Å². The Morgan fingerprint density at radius 1 is 1.12 bits per heavy atom. The Balaban J connectivity index is 1.56. The summed E-state index contributed by atoms with van der Waals surface area (Å²) in [6, 6.07) is 6.19. The summed E-state index contributed by atoms with van der Waals surface area (Å²) < 4.78 is 15.5. The lowest BCUT2D eigenvalue weighted by Crippen LogP contribution is -2.15. The van der Waals surface area contributed by atoms with Gasteiger partial charge in [-0.3, -0.25) is 4.68 Å². The maximum atomic E-state index is 5.69. The van der Waals surface area contributed by atoms with E-state index >= 15 is 0 Å². The molecule has 0 saturated heterocycles. The van der Waals surface area contributed by atoms with Gasteiger partial charge in [-0.1, -0.05) is 6.07 Å². The molecule has 0 fully saturated rings. The van der Waals surface area contributed by atoms with Gasteiger partial charge in [0.2, 0.25) is 0 Å². The fraction of sp³-hybridized carbons (Fsp3) is 0.400. The van der Waals surface area contributed by atoms with Crippen LogP contribution in [0.5, 0.6) is 11.5 Å². The minimum atomic E-state index is 0.613. The summed E-state index contributed by atoms with van der Waals surface area (Å²) in [5, 5.41) is 4.64. The summed E-state index contributed by atoms with van der Waals surface area (Å²) in [4.78, 5) is 4.38. The Bertz CT molecular complexity index is 926. The number of fused-ring (bicyclic) bond motifs is 1. The second kappa shape index (κ2) is 6.86. The summed E-state index contributed by atoms with van der Waals surface area (Å²) >= 11 is 0. The minimum absolute atomic E-state index is 0.613. The van der Waals surface area contributed by atoms with E-state index in [0.29, 0.717) is 13.2 Å². The van der Waals surface area contributed by atoms with Crippen molar-refractivity contribution in [1.82, 2.24) is 19.3 Å². The zero-order valence-corrected chi connectivity index (χ0v) is 15.5. The Labute approximate surface area is 153 Å². The topological polar surface area (TPSA) is 54.1 Å². The van der Waals surface area contributed by atoms with Crippen molar-refractivity contribution in [2.45, 2.75) is 40.3 Å². The number of hydrogen-bond acceptors (Lipinski definition) is 4. The van der Waals surface area contributed by atoms with Gasteiger partial charge in [0.25, 0.3) is 0 Å². The van der Waals surface area contributed by atoms with E-state index in [1.807, 2.05) is 23.3 Å². The highest BCUT2D eigenvalue weighted by Crippen LogP contribution is 2.31. The molecule has 1 aliphatic rings. The van der Waals surface area contributed by atoms with Crippen molar-refractivity contribution >= 4 is 0 Å². The number of imidazole rings is 1. The van der Waals surface area contributed by atoms with E-state index in [0.717, 1.165) is 42.4 Å². The Morgan fingerprint density at radius 3 is 2.69 bits per heavy atom. The molecule has 3 heterocycles. The zero-order valence-electron chi connectivity index (χ0n) is 15.5. The predicted octanol–water partition coefficient (Wildman–Crippen LogP) is 3.40. The number of nitrogens with zero attached hydrogens (tertiary/aromatic N) is 4. The van der Waals surface area contributed by atoms with Crippen LogP contribution in [0.2, 0.25) is 0 Å². The molecule has 1 aliphatic heterocycles. The molecule has 0 N–H and O–H groups in total. The van der Waals surface area contributed by atoms with Gasteiger partial charge in [0.05, 0.1) is 23.9 Å². The van der Waals surface area contributed by atoms with E-state index in [1.165, 1.54) is 16.8 Å². The average molecular weight is 352 g/mol. The van der Waals surface area contributed by atoms with E-state index in [2.05, 4.69) is 47.6 Å². The number of benzene rings is 1. The van der Waals surface area contributed by atoms with Crippen LogP contribution in [-0.2, 0) is 19.5 Å². The minimum Gasteiger partial charge on any atom is -0.486 e. The van der Waals surface area contributed by atoms with Gasteiger partial charge in [0.1, 0.15) is 13.2 Å². The molecule has 0 atom stereocenters. The molecule has 0 spiro atoms. The lowest BCUT2D eigenvalue weighted by molar-refractivity contribution is 0.171. The van der Waals surface area contributed by atoms with Crippen molar-refractivity contribution in [3.63, 3.8) is 0 Å².